The first-order valence-electron chi connectivity index (χ1n) is 3.18. The fourth-order valence-electron chi connectivity index (χ4n) is 0.765. The van der Waals surface area contributed by atoms with Crippen molar-refractivity contribution in [1.29, 1.82) is 0 Å². The molecule has 10 heavy (non-hydrogen) atoms. The highest BCUT2D eigenvalue weighted by Crippen LogP contribution is 2.09. The fraction of sp³-hybridized carbons (Fsp3) is 0.571. The minimum atomic E-state index is -0.299. The molecular weight excluding hydrogens is 130 g/mol. The smallest absolute Gasteiger partial charge is 0.416 e. The van der Waals surface area contributed by atoms with Crippen molar-refractivity contribution in [2.75, 3.05) is 0 Å². The van der Waals surface area contributed by atoms with Gasteiger partial charge in [0.2, 0.25) is 0 Å². The molecule has 0 bridgehead atoms. The zero-order valence-corrected chi connectivity index (χ0v) is 6.42. The van der Waals surface area contributed by atoms with Crippen molar-refractivity contribution in [3.63, 3.8) is 0 Å². The third-order valence-corrected chi connectivity index (χ3v) is 1.30. The summed E-state index contributed by atoms with van der Waals surface area (Å²) in [6.07, 6.45) is 3.04. The van der Waals surface area contributed by atoms with E-state index >= 15 is 0 Å². The topological polar surface area (TPSA) is 35.1 Å². The maximum atomic E-state index is 10.9. The second-order valence-electron chi connectivity index (χ2n) is 3.21. The van der Waals surface area contributed by atoms with Crippen LogP contribution in [0.3, 0.4) is 0 Å². The number of aromatic nitrogens is 1. The molecule has 0 saturated heterocycles. The summed E-state index contributed by atoms with van der Waals surface area (Å²) in [6, 6.07) is 0. The molecule has 1 aromatic rings. The summed E-state index contributed by atoms with van der Waals surface area (Å²) in [5, 5.41) is 0. The van der Waals surface area contributed by atoms with Crippen molar-refractivity contribution in [3.8, 4) is 0 Å². The van der Waals surface area contributed by atoms with Gasteiger partial charge in [0.05, 0.1) is 0 Å². The highest BCUT2D eigenvalue weighted by molar-refractivity contribution is 4.80. The highest BCUT2D eigenvalue weighted by Gasteiger charge is 2.14. The summed E-state index contributed by atoms with van der Waals surface area (Å²) in [5.41, 5.74) is -0.177. The second kappa shape index (κ2) is 2.01. The van der Waals surface area contributed by atoms with Gasteiger partial charge in [0, 0.05) is 11.7 Å². The van der Waals surface area contributed by atoms with E-state index in [1.165, 1.54) is 6.26 Å². The number of oxazole rings is 1. The lowest BCUT2D eigenvalue weighted by Gasteiger charge is -2.17. The van der Waals surface area contributed by atoms with Crippen molar-refractivity contribution in [2.24, 2.45) is 0 Å². The quantitative estimate of drug-likeness (QED) is 0.544. The van der Waals surface area contributed by atoms with E-state index in [1.807, 2.05) is 20.8 Å². The van der Waals surface area contributed by atoms with Gasteiger partial charge in [-0.25, -0.2) is 4.79 Å². The van der Waals surface area contributed by atoms with Crippen LogP contribution in [0.4, 0.5) is 0 Å². The second-order valence-corrected chi connectivity index (χ2v) is 3.21. The zero-order chi connectivity index (χ0) is 7.78. The Kier molecular flexibility index (Phi) is 1.43. The normalized spacial score (nSPS) is 11.9. The Morgan fingerprint density at radius 1 is 1.50 bits per heavy atom. The molecule has 3 heteroatoms. The van der Waals surface area contributed by atoms with Crippen molar-refractivity contribution in [2.45, 2.75) is 26.3 Å². The van der Waals surface area contributed by atoms with Crippen LogP contribution in [0.15, 0.2) is 21.7 Å². The van der Waals surface area contributed by atoms with Crippen LogP contribution in [0.5, 0.6) is 0 Å². The Morgan fingerprint density at radius 3 is 2.30 bits per heavy atom. The summed E-state index contributed by atoms with van der Waals surface area (Å²) in [5.74, 6) is -0.299. The van der Waals surface area contributed by atoms with Gasteiger partial charge in [-0.2, -0.15) is 0 Å². The Bertz CT molecular complexity index is 264. The van der Waals surface area contributed by atoms with Crippen molar-refractivity contribution in [1.82, 2.24) is 4.57 Å². The van der Waals surface area contributed by atoms with E-state index < -0.39 is 0 Å². The molecule has 0 radical (unpaired) electrons. The van der Waals surface area contributed by atoms with Crippen molar-refractivity contribution >= 4 is 0 Å². The Morgan fingerprint density at radius 2 is 2.10 bits per heavy atom. The SMILES string of the molecule is CC(C)(C)n1ccoc1=O. The van der Waals surface area contributed by atoms with Crippen molar-refractivity contribution in [3.05, 3.63) is 23.0 Å². The van der Waals surface area contributed by atoms with Crippen LogP contribution in [-0.4, -0.2) is 4.57 Å². The maximum absolute atomic E-state index is 10.9. The molecule has 0 spiro atoms. The first kappa shape index (κ1) is 7.12. The summed E-state index contributed by atoms with van der Waals surface area (Å²) in [4.78, 5) is 10.9. The van der Waals surface area contributed by atoms with Gasteiger partial charge >= 0.3 is 5.76 Å². The Balaban J connectivity index is 3.18. The van der Waals surface area contributed by atoms with Crippen LogP contribution in [-0.2, 0) is 5.54 Å². The molecular formula is C7H11NO2. The molecule has 0 aliphatic heterocycles. The molecule has 3 nitrogen and oxygen atoms in total. The minimum Gasteiger partial charge on any atom is -0.416 e. The summed E-state index contributed by atoms with van der Waals surface area (Å²) >= 11 is 0. The van der Waals surface area contributed by atoms with Gasteiger partial charge < -0.3 is 4.42 Å². The molecule has 1 rings (SSSR count). The number of hydrogen-bond acceptors (Lipinski definition) is 2. The average Bonchev–Trinajstić information content (AvgIpc) is 2.11. The molecule has 0 unspecified atom stereocenters. The van der Waals surface area contributed by atoms with Gasteiger partial charge in [0.15, 0.2) is 0 Å². The Labute approximate surface area is 59.3 Å². The molecule has 0 amide bonds. The molecule has 1 aromatic heterocycles. The number of hydrogen-bond donors (Lipinski definition) is 0. The lowest BCUT2D eigenvalue weighted by atomic mass is 10.1. The van der Waals surface area contributed by atoms with Gasteiger partial charge in [0.1, 0.15) is 6.26 Å². The number of rotatable bonds is 0. The summed E-state index contributed by atoms with van der Waals surface area (Å²) in [6.45, 7) is 5.84. The van der Waals surface area contributed by atoms with Gasteiger partial charge in [-0.05, 0) is 20.8 Å². The Hall–Kier alpha value is -0.990. The zero-order valence-electron chi connectivity index (χ0n) is 6.42. The van der Waals surface area contributed by atoms with Gasteiger partial charge in [-0.3, -0.25) is 4.57 Å². The van der Waals surface area contributed by atoms with Gasteiger partial charge in [-0.15, -0.1) is 0 Å². The molecule has 0 aliphatic rings. The van der Waals surface area contributed by atoms with Gasteiger partial charge in [0.25, 0.3) is 0 Å². The number of nitrogens with zero attached hydrogens (tertiary/aromatic N) is 1. The first-order chi connectivity index (χ1) is 4.52. The van der Waals surface area contributed by atoms with Crippen LogP contribution in [0.1, 0.15) is 20.8 Å². The van der Waals surface area contributed by atoms with Crippen LogP contribution in [0.25, 0.3) is 0 Å². The van der Waals surface area contributed by atoms with E-state index in [0.717, 1.165) is 0 Å². The van der Waals surface area contributed by atoms with Crippen molar-refractivity contribution < 1.29 is 4.42 Å². The lowest BCUT2D eigenvalue weighted by molar-refractivity contribution is 0.352. The highest BCUT2D eigenvalue weighted by atomic mass is 16.4. The third kappa shape index (κ3) is 1.12. The van der Waals surface area contributed by atoms with E-state index in [-0.39, 0.29) is 11.3 Å². The average molecular weight is 141 g/mol. The van der Waals surface area contributed by atoms with E-state index in [4.69, 9.17) is 0 Å². The predicted octanol–water partition coefficient (Wildman–Crippen LogP) is 1.20. The summed E-state index contributed by atoms with van der Waals surface area (Å²) < 4.78 is 6.15. The molecule has 0 saturated carbocycles. The van der Waals surface area contributed by atoms with Crippen LogP contribution in [0, 0.1) is 0 Å². The monoisotopic (exact) mass is 141 g/mol. The molecule has 0 aromatic carbocycles. The van der Waals surface area contributed by atoms with Gasteiger partial charge in [-0.1, -0.05) is 0 Å². The van der Waals surface area contributed by atoms with Crippen LogP contribution < -0.4 is 5.76 Å². The van der Waals surface area contributed by atoms with E-state index in [9.17, 15) is 4.79 Å². The molecule has 0 aliphatic carbocycles. The molecule has 0 fully saturated rings. The predicted molar refractivity (Wildman–Crippen MR) is 38.0 cm³/mol. The largest absolute Gasteiger partial charge is 0.419 e. The van der Waals surface area contributed by atoms with Crippen LogP contribution >= 0.6 is 0 Å². The lowest BCUT2D eigenvalue weighted by Crippen LogP contribution is -2.29. The maximum Gasteiger partial charge on any atom is 0.419 e. The fourth-order valence-corrected chi connectivity index (χ4v) is 0.765. The molecule has 56 valence electrons. The molecule has 0 N–H and O–H groups in total. The summed E-state index contributed by atoms with van der Waals surface area (Å²) in [7, 11) is 0. The van der Waals surface area contributed by atoms with E-state index in [2.05, 4.69) is 4.42 Å². The van der Waals surface area contributed by atoms with E-state index in [0.29, 0.717) is 0 Å². The third-order valence-electron chi connectivity index (χ3n) is 1.30. The minimum absolute atomic E-state index is 0.177. The first-order valence-corrected chi connectivity index (χ1v) is 3.18. The standard InChI is InChI=1S/C7H11NO2/c1-7(2,3)8-4-5-10-6(8)9/h4-5H,1-3H3. The van der Waals surface area contributed by atoms with E-state index in [1.54, 1.807) is 10.8 Å². The molecule has 1 heterocycles. The van der Waals surface area contributed by atoms with Crippen LogP contribution in [0.2, 0.25) is 0 Å². The molecule has 0 atom stereocenters.